The van der Waals surface area contributed by atoms with Gasteiger partial charge in [0, 0.05) is 24.5 Å². The van der Waals surface area contributed by atoms with Crippen LogP contribution in [0.15, 0.2) is 30.3 Å². The van der Waals surface area contributed by atoms with Gasteiger partial charge in [0.1, 0.15) is 0 Å². The van der Waals surface area contributed by atoms with Crippen LogP contribution in [-0.2, 0) is 4.79 Å². The summed E-state index contributed by atoms with van der Waals surface area (Å²) < 4.78 is 0. The number of amides is 1. The standard InChI is InChI=1S/C15H21N3O/c19-15(18-12-6-7-16-9-12)10-17-14-8-13(14)11-4-2-1-3-5-11/h1-5,12-14,16-17H,6-10H2,(H,18,19). The van der Waals surface area contributed by atoms with Crippen LogP contribution in [0, 0.1) is 0 Å². The van der Waals surface area contributed by atoms with Crippen LogP contribution in [0.1, 0.15) is 24.3 Å². The van der Waals surface area contributed by atoms with Gasteiger partial charge in [0.2, 0.25) is 5.91 Å². The van der Waals surface area contributed by atoms with Gasteiger partial charge in [0.15, 0.2) is 0 Å². The largest absolute Gasteiger partial charge is 0.351 e. The molecule has 0 bridgehead atoms. The van der Waals surface area contributed by atoms with E-state index in [1.54, 1.807) is 0 Å². The lowest BCUT2D eigenvalue weighted by Gasteiger charge is -2.11. The Balaban J connectivity index is 1.38. The Morgan fingerprint density at radius 2 is 2.16 bits per heavy atom. The number of hydrogen-bond donors (Lipinski definition) is 3. The Morgan fingerprint density at radius 1 is 1.32 bits per heavy atom. The maximum Gasteiger partial charge on any atom is 0.234 e. The minimum atomic E-state index is 0.118. The third kappa shape index (κ3) is 3.33. The normalized spacial score (nSPS) is 29.2. The molecule has 102 valence electrons. The third-order valence-electron chi connectivity index (χ3n) is 3.97. The lowest BCUT2D eigenvalue weighted by atomic mass is 10.1. The van der Waals surface area contributed by atoms with Crippen LogP contribution in [0.25, 0.3) is 0 Å². The van der Waals surface area contributed by atoms with Crippen LogP contribution >= 0.6 is 0 Å². The van der Waals surface area contributed by atoms with Crippen molar-refractivity contribution >= 4 is 5.91 Å². The molecule has 1 aromatic carbocycles. The highest BCUT2D eigenvalue weighted by atomic mass is 16.2. The van der Waals surface area contributed by atoms with Gasteiger partial charge in [0.25, 0.3) is 0 Å². The predicted octanol–water partition coefficient (Wildman–Crippen LogP) is 0.610. The van der Waals surface area contributed by atoms with Crippen molar-refractivity contribution in [1.82, 2.24) is 16.0 Å². The molecule has 19 heavy (non-hydrogen) atoms. The number of benzene rings is 1. The van der Waals surface area contributed by atoms with E-state index in [9.17, 15) is 4.79 Å². The van der Waals surface area contributed by atoms with E-state index < -0.39 is 0 Å². The number of carbonyl (C=O) groups is 1. The van der Waals surface area contributed by atoms with Crippen LogP contribution in [0.4, 0.5) is 0 Å². The molecule has 2 aliphatic rings. The number of rotatable bonds is 5. The Hall–Kier alpha value is -1.39. The summed E-state index contributed by atoms with van der Waals surface area (Å²) in [7, 11) is 0. The van der Waals surface area contributed by atoms with Gasteiger partial charge in [-0.3, -0.25) is 4.79 Å². The van der Waals surface area contributed by atoms with E-state index >= 15 is 0 Å². The summed E-state index contributed by atoms with van der Waals surface area (Å²) in [5.74, 6) is 0.703. The van der Waals surface area contributed by atoms with Crippen LogP contribution < -0.4 is 16.0 Å². The first-order valence-corrected chi connectivity index (χ1v) is 7.11. The van der Waals surface area contributed by atoms with Crippen LogP contribution in [0.3, 0.4) is 0 Å². The topological polar surface area (TPSA) is 53.2 Å². The molecule has 1 saturated heterocycles. The highest BCUT2D eigenvalue weighted by Gasteiger charge is 2.37. The van der Waals surface area contributed by atoms with E-state index in [2.05, 4.69) is 40.2 Å². The Labute approximate surface area is 114 Å². The minimum absolute atomic E-state index is 0.118. The number of nitrogens with one attached hydrogen (secondary N) is 3. The fraction of sp³-hybridized carbons (Fsp3) is 0.533. The van der Waals surface area contributed by atoms with Crippen molar-refractivity contribution in [2.24, 2.45) is 0 Å². The van der Waals surface area contributed by atoms with E-state index in [1.165, 1.54) is 5.56 Å². The quantitative estimate of drug-likeness (QED) is 0.726. The molecule has 3 rings (SSSR count). The van der Waals surface area contributed by atoms with Gasteiger partial charge < -0.3 is 16.0 Å². The second-order valence-electron chi connectivity index (χ2n) is 5.50. The first-order valence-electron chi connectivity index (χ1n) is 7.11. The van der Waals surface area contributed by atoms with E-state index in [0.29, 0.717) is 24.5 Å². The van der Waals surface area contributed by atoms with E-state index in [0.717, 1.165) is 25.9 Å². The average molecular weight is 259 g/mol. The van der Waals surface area contributed by atoms with Gasteiger partial charge in [0.05, 0.1) is 6.54 Å². The minimum Gasteiger partial charge on any atom is -0.351 e. The summed E-state index contributed by atoms with van der Waals surface area (Å²) in [6, 6.07) is 11.3. The molecular weight excluding hydrogens is 238 g/mol. The molecule has 3 atom stereocenters. The van der Waals surface area contributed by atoms with Crippen molar-refractivity contribution in [2.45, 2.75) is 30.8 Å². The van der Waals surface area contributed by atoms with Gasteiger partial charge in [-0.15, -0.1) is 0 Å². The average Bonchev–Trinajstić information content (AvgIpc) is 3.05. The molecule has 3 N–H and O–H groups in total. The molecule has 2 fully saturated rings. The van der Waals surface area contributed by atoms with Crippen molar-refractivity contribution in [2.75, 3.05) is 19.6 Å². The maximum absolute atomic E-state index is 11.8. The van der Waals surface area contributed by atoms with Gasteiger partial charge in [-0.1, -0.05) is 30.3 Å². The molecular formula is C15H21N3O. The lowest BCUT2D eigenvalue weighted by Crippen LogP contribution is -2.42. The molecule has 0 radical (unpaired) electrons. The summed E-state index contributed by atoms with van der Waals surface area (Å²) in [6.07, 6.45) is 2.18. The van der Waals surface area contributed by atoms with Crippen LogP contribution in [-0.4, -0.2) is 37.6 Å². The lowest BCUT2D eigenvalue weighted by molar-refractivity contribution is -0.120. The third-order valence-corrected chi connectivity index (χ3v) is 3.97. The summed E-state index contributed by atoms with van der Waals surface area (Å²) in [4.78, 5) is 11.8. The second-order valence-corrected chi connectivity index (χ2v) is 5.50. The van der Waals surface area contributed by atoms with Gasteiger partial charge in [-0.2, -0.15) is 0 Å². The highest BCUT2D eigenvalue weighted by Crippen LogP contribution is 2.40. The molecule has 1 aromatic rings. The molecule has 1 aliphatic carbocycles. The zero-order valence-electron chi connectivity index (χ0n) is 11.1. The number of carbonyl (C=O) groups excluding carboxylic acids is 1. The molecule has 3 unspecified atom stereocenters. The van der Waals surface area contributed by atoms with Crippen LogP contribution in [0.2, 0.25) is 0 Å². The van der Waals surface area contributed by atoms with Crippen molar-refractivity contribution in [3.8, 4) is 0 Å². The molecule has 0 aromatic heterocycles. The van der Waals surface area contributed by atoms with E-state index in [-0.39, 0.29) is 5.91 Å². The van der Waals surface area contributed by atoms with Gasteiger partial charge in [-0.05, 0) is 24.9 Å². The van der Waals surface area contributed by atoms with E-state index in [4.69, 9.17) is 0 Å². The predicted molar refractivity (Wildman–Crippen MR) is 75.0 cm³/mol. The van der Waals surface area contributed by atoms with Crippen molar-refractivity contribution in [1.29, 1.82) is 0 Å². The Bertz CT molecular complexity index is 428. The molecule has 1 amide bonds. The summed E-state index contributed by atoms with van der Waals surface area (Å²) >= 11 is 0. The van der Waals surface area contributed by atoms with Gasteiger partial charge >= 0.3 is 0 Å². The molecule has 1 saturated carbocycles. The summed E-state index contributed by atoms with van der Waals surface area (Å²) in [6.45, 7) is 2.35. The van der Waals surface area contributed by atoms with E-state index in [1.807, 2.05) is 6.07 Å². The van der Waals surface area contributed by atoms with Crippen molar-refractivity contribution < 1.29 is 4.79 Å². The second kappa shape index (κ2) is 5.72. The van der Waals surface area contributed by atoms with Crippen molar-refractivity contribution in [3.05, 3.63) is 35.9 Å². The summed E-state index contributed by atoms with van der Waals surface area (Å²) in [5.41, 5.74) is 1.38. The van der Waals surface area contributed by atoms with Crippen LogP contribution in [0.5, 0.6) is 0 Å². The Morgan fingerprint density at radius 3 is 2.89 bits per heavy atom. The highest BCUT2D eigenvalue weighted by molar-refractivity contribution is 5.78. The fourth-order valence-corrected chi connectivity index (χ4v) is 2.77. The zero-order chi connectivity index (χ0) is 13.1. The maximum atomic E-state index is 11.8. The zero-order valence-corrected chi connectivity index (χ0v) is 11.1. The first kappa shape index (κ1) is 12.6. The fourth-order valence-electron chi connectivity index (χ4n) is 2.77. The summed E-state index contributed by atoms with van der Waals surface area (Å²) in [5, 5.41) is 9.65. The SMILES string of the molecule is O=C(CNC1CC1c1ccccc1)NC1CCNC1. The monoisotopic (exact) mass is 259 g/mol. The first-order chi connectivity index (χ1) is 9.33. The van der Waals surface area contributed by atoms with Gasteiger partial charge in [-0.25, -0.2) is 0 Å². The van der Waals surface area contributed by atoms with Crippen molar-refractivity contribution in [3.63, 3.8) is 0 Å². The number of hydrogen-bond acceptors (Lipinski definition) is 3. The smallest absolute Gasteiger partial charge is 0.234 e. The Kier molecular flexibility index (Phi) is 3.80. The molecule has 4 nitrogen and oxygen atoms in total. The molecule has 1 heterocycles. The molecule has 4 heteroatoms. The molecule has 1 aliphatic heterocycles. The molecule has 0 spiro atoms.